The van der Waals surface area contributed by atoms with Gasteiger partial charge in [0.25, 0.3) is 0 Å². The fourth-order valence-corrected chi connectivity index (χ4v) is 0.925. The van der Waals surface area contributed by atoms with Crippen LogP contribution in [0.25, 0.3) is 0 Å². The van der Waals surface area contributed by atoms with Gasteiger partial charge in [-0.3, -0.25) is 0 Å². The third kappa shape index (κ3) is 2.51. The van der Waals surface area contributed by atoms with Crippen molar-refractivity contribution in [3.8, 4) is 0 Å². The monoisotopic (exact) mass is 214 g/mol. The maximum Gasteiger partial charge on any atom is 0.328 e. The summed E-state index contributed by atoms with van der Waals surface area (Å²) in [6, 6.07) is 0. The van der Waals surface area contributed by atoms with Crippen molar-refractivity contribution >= 4 is 5.97 Å². The van der Waals surface area contributed by atoms with Gasteiger partial charge in [-0.1, -0.05) is 6.92 Å². The van der Waals surface area contributed by atoms with E-state index in [9.17, 15) is 4.79 Å². The summed E-state index contributed by atoms with van der Waals surface area (Å²) in [5.41, 5.74) is 0.530. The van der Waals surface area contributed by atoms with Crippen LogP contribution in [0.5, 0.6) is 0 Å². The fraction of sp³-hybridized carbons (Fsp3) is 0.429. The van der Waals surface area contributed by atoms with E-state index in [2.05, 4.69) is 0 Å². The second kappa shape index (κ2) is 4.25. The normalized spacial score (nSPS) is 23.3. The van der Waals surface area contributed by atoms with Gasteiger partial charge in [-0.15, -0.1) is 12.5 Å². The smallest absolute Gasteiger partial charge is 0.328 e. The summed E-state index contributed by atoms with van der Waals surface area (Å²) in [5.74, 6) is -0.438. The van der Waals surface area contributed by atoms with Gasteiger partial charge >= 0.3 is 5.97 Å². The van der Waals surface area contributed by atoms with Crippen LogP contribution in [0.1, 0.15) is 13.3 Å². The summed E-state index contributed by atoms with van der Waals surface area (Å²) in [4.78, 5) is 10.3. The number of carboxylic acids is 1. The summed E-state index contributed by atoms with van der Waals surface area (Å²) in [5, 5.41) is 8.44. The Morgan fingerprint density at radius 2 is 2.50 bits per heavy atom. The molecular formula is C7H9O2Y-. The van der Waals surface area contributed by atoms with Gasteiger partial charge < -0.3 is 11.5 Å². The van der Waals surface area contributed by atoms with Crippen molar-refractivity contribution in [3.05, 3.63) is 18.1 Å². The maximum absolute atomic E-state index is 10.3. The molecule has 1 radical (unpaired) electrons. The van der Waals surface area contributed by atoms with Crippen LogP contribution in [0.4, 0.5) is 0 Å². The van der Waals surface area contributed by atoms with Crippen LogP contribution in [-0.4, -0.2) is 11.1 Å². The van der Waals surface area contributed by atoms with Crippen LogP contribution in [-0.2, 0) is 37.5 Å². The molecule has 0 aromatic heterocycles. The summed E-state index contributed by atoms with van der Waals surface area (Å²) in [7, 11) is 0. The second-order valence-corrected chi connectivity index (χ2v) is 2.30. The Bertz CT molecular complexity index is 163. The first kappa shape index (κ1) is 10.3. The number of hydrogen-bond acceptors (Lipinski definition) is 1. The zero-order chi connectivity index (χ0) is 6.85. The number of aliphatic carboxylic acids is 1. The van der Waals surface area contributed by atoms with Crippen LogP contribution >= 0.6 is 0 Å². The SMILES string of the molecule is CC1C=C(C(=O)O)C[CH-]1.[Y]. The molecule has 0 aromatic carbocycles. The van der Waals surface area contributed by atoms with Gasteiger partial charge in [0, 0.05) is 38.3 Å². The molecule has 1 aliphatic carbocycles. The van der Waals surface area contributed by atoms with Crippen LogP contribution in [0.15, 0.2) is 11.6 Å². The van der Waals surface area contributed by atoms with Crippen molar-refractivity contribution in [1.29, 1.82) is 0 Å². The molecule has 1 rings (SSSR count). The average Bonchev–Trinajstić information content (AvgIpc) is 2.14. The predicted octanol–water partition coefficient (Wildman–Crippen LogP) is 1.24. The number of carboxylic acid groups (broad SMARTS) is 1. The first-order chi connectivity index (χ1) is 4.20. The van der Waals surface area contributed by atoms with Crippen molar-refractivity contribution in [3.63, 3.8) is 0 Å². The number of rotatable bonds is 1. The van der Waals surface area contributed by atoms with E-state index >= 15 is 0 Å². The van der Waals surface area contributed by atoms with Crippen molar-refractivity contribution in [2.45, 2.75) is 13.3 Å². The van der Waals surface area contributed by atoms with E-state index in [4.69, 9.17) is 5.11 Å². The van der Waals surface area contributed by atoms with Crippen LogP contribution in [0, 0.1) is 12.3 Å². The zero-order valence-electron chi connectivity index (χ0n) is 5.87. The van der Waals surface area contributed by atoms with Gasteiger partial charge in [-0.05, 0) is 0 Å². The van der Waals surface area contributed by atoms with Gasteiger partial charge in [0.05, 0.1) is 0 Å². The molecule has 0 bridgehead atoms. The van der Waals surface area contributed by atoms with E-state index in [0.717, 1.165) is 0 Å². The Morgan fingerprint density at radius 1 is 1.90 bits per heavy atom. The molecule has 3 heteroatoms. The molecule has 1 N–H and O–H groups in total. The van der Waals surface area contributed by atoms with E-state index in [-0.39, 0.29) is 32.7 Å². The van der Waals surface area contributed by atoms with Gasteiger partial charge in [0.1, 0.15) is 0 Å². The summed E-state index contributed by atoms with van der Waals surface area (Å²) in [6.07, 6.45) is 4.39. The Balaban J connectivity index is 0.000000810. The minimum atomic E-state index is -0.782. The van der Waals surface area contributed by atoms with Crippen LogP contribution in [0.3, 0.4) is 0 Å². The standard InChI is InChI=1S/C7H9O2.Y/c1-5-2-3-6(4-5)7(8)9;/h2,4-5H,3H2,1H3,(H,8,9);/q-1;. The largest absolute Gasteiger partial charge is 0.478 e. The maximum atomic E-state index is 10.3. The quantitative estimate of drug-likeness (QED) is 0.666. The van der Waals surface area contributed by atoms with Crippen molar-refractivity contribution in [2.75, 3.05) is 0 Å². The van der Waals surface area contributed by atoms with Gasteiger partial charge in [-0.2, -0.15) is 5.92 Å². The molecule has 1 atom stereocenters. The number of hydrogen-bond donors (Lipinski definition) is 1. The average molecular weight is 214 g/mol. The molecule has 1 aliphatic rings. The fourth-order valence-electron chi connectivity index (χ4n) is 0.925. The third-order valence-corrected chi connectivity index (χ3v) is 1.45. The molecular weight excluding hydrogens is 205 g/mol. The Morgan fingerprint density at radius 3 is 2.70 bits per heavy atom. The molecule has 0 saturated heterocycles. The minimum absolute atomic E-state index is 0. The van der Waals surface area contributed by atoms with E-state index in [1.165, 1.54) is 0 Å². The molecule has 0 fully saturated rings. The predicted molar refractivity (Wildman–Crippen MR) is 33.8 cm³/mol. The minimum Gasteiger partial charge on any atom is -0.478 e. The number of carbonyl (C=O) groups is 1. The Labute approximate surface area is 85.6 Å². The van der Waals surface area contributed by atoms with Crippen molar-refractivity contribution in [1.82, 2.24) is 0 Å². The topological polar surface area (TPSA) is 37.3 Å². The summed E-state index contributed by atoms with van der Waals surface area (Å²) >= 11 is 0. The molecule has 0 spiro atoms. The zero-order valence-corrected chi connectivity index (χ0v) is 8.71. The Kier molecular flexibility index (Phi) is 4.38. The number of allylic oxidation sites excluding steroid dienone is 1. The van der Waals surface area contributed by atoms with Crippen molar-refractivity contribution in [2.24, 2.45) is 5.92 Å². The van der Waals surface area contributed by atoms with E-state index in [1.807, 2.05) is 13.3 Å². The molecule has 0 saturated carbocycles. The summed E-state index contributed by atoms with van der Waals surface area (Å²) in [6.45, 7) is 1.98. The molecule has 10 heavy (non-hydrogen) atoms. The molecule has 0 amide bonds. The molecule has 0 aromatic rings. The third-order valence-electron chi connectivity index (χ3n) is 1.45. The molecule has 2 nitrogen and oxygen atoms in total. The van der Waals surface area contributed by atoms with E-state index in [1.54, 1.807) is 6.08 Å². The molecule has 0 aliphatic heterocycles. The first-order valence-electron chi connectivity index (χ1n) is 2.97. The molecule has 1 unspecified atom stereocenters. The summed E-state index contributed by atoms with van der Waals surface area (Å²) < 4.78 is 0. The van der Waals surface area contributed by atoms with Crippen molar-refractivity contribution < 1.29 is 42.6 Å². The van der Waals surface area contributed by atoms with Crippen LogP contribution in [0.2, 0.25) is 0 Å². The molecule has 53 valence electrons. The van der Waals surface area contributed by atoms with E-state index < -0.39 is 5.97 Å². The molecule has 0 heterocycles. The second-order valence-electron chi connectivity index (χ2n) is 2.30. The first-order valence-corrected chi connectivity index (χ1v) is 2.97. The van der Waals surface area contributed by atoms with Gasteiger partial charge in [-0.25, -0.2) is 4.79 Å². The van der Waals surface area contributed by atoms with Gasteiger partial charge in [0.15, 0.2) is 0 Å². The van der Waals surface area contributed by atoms with Gasteiger partial charge in [0.2, 0.25) is 0 Å². The van der Waals surface area contributed by atoms with Crippen LogP contribution < -0.4 is 0 Å². The van der Waals surface area contributed by atoms with E-state index in [0.29, 0.717) is 17.9 Å². The Hall–Kier alpha value is 0.314.